The molecule has 0 aliphatic carbocycles. The standard InChI is InChI=1S/C14H31NO/c1-6-15-13(14(3,4)5)11-9-8-10-12-16-7-2/h13,15H,6-12H2,1-5H3. The van der Waals surface area contributed by atoms with Gasteiger partial charge in [0, 0.05) is 19.3 Å². The molecule has 2 heteroatoms. The van der Waals surface area contributed by atoms with Gasteiger partial charge in [-0.2, -0.15) is 0 Å². The van der Waals surface area contributed by atoms with Crippen LogP contribution in [-0.2, 0) is 4.74 Å². The maximum Gasteiger partial charge on any atom is 0.0465 e. The summed E-state index contributed by atoms with van der Waals surface area (Å²) < 4.78 is 5.34. The Labute approximate surface area is 102 Å². The van der Waals surface area contributed by atoms with Crippen LogP contribution in [0.5, 0.6) is 0 Å². The highest BCUT2D eigenvalue weighted by atomic mass is 16.5. The number of rotatable bonds is 9. The smallest absolute Gasteiger partial charge is 0.0465 e. The fourth-order valence-electron chi connectivity index (χ4n) is 1.96. The summed E-state index contributed by atoms with van der Waals surface area (Å²) in [4.78, 5) is 0. The lowest BCUT2D eigenvalue weighted by Crippen LogP contribution is -2.40. The summed E-state index contributed by atoms with van der Waals surface area (Å²) in [6.45, 7) is 14.1. The predicted molar refractivity (Wildman–Crippen MR) is 71.9 cm³/mol. The van der Waals surface area contributed by atoms with E-state index in [1.54, 1.807) is 0 Å². The van der Waals surface area contributed by atoms with Gasteiger partial charge in [-0.25, -0.2) is 0 Å². The number of nitrogens with one attached hydrogen (secondary N) is 1. The average Bonchev–Trinajstić information content (AvgIpc) is 2.20. The molecule has 0 heterocycles. The van der Waals surface area contributed by atoms with Crippen LogP contribution in [0.4, 0.5) is 0 Å². The third kappa shape index (κ3) is 8.12. The summed E-state index contributed by atoms with van der Waals surface area (Å²) in [7, 11) is 0. The van der Waals surface area contributed by atoms with Crippen LogP contribution in [0.25, 0.3) is 0 Å². The second-order valence-electron chi connectivity index (χ2n) is 5.52. The van der Waals surface area contributed by atoms with Gasteiger partial charge in [-0.05, 0) is 31.7 Å². The number of unbranched alkanes of at least 4 members (excludes halogenated alkanes) is 2. The predicted octanol–water partition coefficient (Wildman–Crippen LogP) is 3.61. The van der Waals surface area contributed by atoms with E-state index in [1.165, 1.54) is 25.7 Å². The second-order valence-corrected chi connectivity index (χ2v) is 5.52. The lowest BCUT2D eigenvalue weighted by Gasteiger charge is -2.31. The molecule has 0 radical (unpaired) electrons. The van der Waals surface area contributed by atoms with E-state index in [4.69, 9.17) is 4.74 Å². The maximum atomic E-state index is 5.34. The van der Waals surface area contributed by atoms with E-state index in [9.17, 15) is 0 Å². The van der Waals surface area contributed by atoms with Gasteiger partial charge >= 0.3 is 0 Å². The van der Waals surface area contributed by atoms with Crippen LogP contribution in [0.1, 0.15) is 60.3 Å². The highest BCUT2D eigenvalue weighted by molar-refractivity contribution is 4.79. The van der Waals surface area contributed by atoms with Crippen molar-refractivity contribution in [2.24, 2.45) is 5.41 Å². The molecule has 0 aliphatic heterocycles. The molecule has 0 saturated heterocycles. The largest absolute Gasteiger partial charge is 0.382 e. The van der Waals surface area contributed by atoms with Gasteiger partial charge in [0.2, 0.25) is 0 Å². The number of hydrogen-bond donors (Lipinski definition) is 1. The van der Waals surface area contributed by atoms with Crippen LogP contribution < -0.4 is 5.32 Å². The summed E-state index contributed by atoms with van der Waals surface area (Å²) in [5.41, 5.74) is 0.371. The minimum Gasteiger partial charge on any atom is -0.382 e. The monoisotopic (exact) mass is 229 g/mol. The summed E-state index contributed by atoms with van der Waals surface area (Å²) in [6, 6.07) is 0.643. The maximum absolute atomic E-state index is 5.34. The van der Waals surface area contributed by atoms with Crippen molar-refractivity contribution >= 4 is 0 Å². The van der Waals surface area contributed by atoms with E-state index in [1.807, 2.05) is 0 Å². The Hall–Kier alpha value is -0.0800. The van der Waals surface area contributed by atoms with Crippen molar-refractivity contribution in [3.63, 3.8) is 0 Å². The van der Waals surface area contributed by atoms with Crippen LogP contribution in [-0.4, -0.2) is 25.8 Å². The average molecular weight is 229 g/mol. The first-order chi connectivity index (χ1) is 7.52. The summed E-state index contributed by atoms with van der Waals surface area (Å²) in [5.74, 6) is 0. The quantitative estimate of drug-likeness (QED) is 0.610. The fourth-order valence-corrected chi connectivity index (χ4v) is 1.96. The first-order valence-corrected chi connectivity index (χ1v) is 6.83. The van der Waals surface area contributed by atoms with Crippen LogP contribution in [0.2, 0.25) is 0 Å². The molecule has 2 nitrogen and oxygen atoms in total. The molecule has 16 heavy (non-hydrogen) atoms. The molecule has 0 aliphatic rings. The Balaban J connectivity index is 3.61. The molecule has 1 atom stereocenters. The van der Waals surface area contributed by atoms with Gasteiger partial charge in [0.25, 0.3) is 0 Å². The molecule has 1 unspecified atom stereocenters. The van der Waals surface area contributed by atoms with Gasteiger partial charge in [-0.15, -0.1) is 0 Å². The van der Waals surface area contributed by atoms with Gasteiger partial charge in [0.15, 0.2) is 0 Å². The first-order valence-electron chi connectivity index (χ1n) is 6.83. The van der Waals surface area contributed by atoms with Gasteiger partial charge in [0.1, 0.15) is 0 Å². The van der Waals surface area contributed by atoms with Crippen LogP contribution in [0.3, 0.4) is 0 Å². The van der Waals surface area contributed by atoms with Gasteiger partial charge in [0.05, 0.1) is 0 Å². The van der Waals surface area contributed by atoms with Crippen molar-refractivity contribution in [3.05, 3.63) is 0 Å². The highest BCUT2D eigenvalue weighted by Crippen LogP contribution is 2.23. The van der Waals surface area contributed by atoms with Crippen molar-refractivity contribution < 1.29 is 4.74 Å². The number of ether oxygens (including phenoxy) is 1. The molecule has 1 N–H and O–H groups in total. The molecule has 0 bridgehead atoms. The van der Waals surface area contributed by atoms with Crippen molar-refractivity contribution in [2.75, 3.05) is 19.8 Å². The van der Waals surface area contributed by atoms with E-state index in [-0.39, 0.29) is 0 Å². The Kier molecular flexibility index (Phi) is 8.96. The molecule has 0 aromatic heterocycles. The van der Waals surface area contributed by atoms with Crippen LogP contribution >= 0.6 is 0 Å². The van der Waals surface area contributed by atoms with E-state index >= 15 is 0 Å². The van der Waals surface area contributed by atoms with E-state index in [2.05, 4.69) is 39.9 Å². The zero-order valence-electron chi connectivity index (χ0n) is 11.9. The minimum atomic E-state index is 0.371. The molecule has 0 saturated carbocycles. The third-order valence-corrected chi connectivity index (χ3v) is 2.98. The van der Waals surface area contributed by atoms with Gasteiger partial charge in [-0.1, -0.05) is 40.5 Å². The Morgan fingerprint density at radius 1 is 1.06 bits per heavy atom. The Morgan fingerprint density at radius 3 is 2.25 bits per heavy atom. The fraction of sp³-hybridized carbons (Fsp3) is 1.00. The molecule has 98 valence electrons. The van der Waals surface area contributed by atoms with Gasteiger partial charge < -0.3 is 10.1 Å². The van der Waals surface area contributed by atoms with Crippen molar-refractivity contribution in [1.29, 1.82) is 0 Å². The SMILES string of the molecule is CCNC(CCCCCOCC)C(C)(C)C. The molecule has 0 rings (SSSR count). The zero-order valence-corrected chi connectivity index (χ0v) is 11.9. The van der Waals surface area contributed by atoms with E-state index < -0.39 is 0 Å². The first kappa shape index (κ1) is 15.9. The molecule has 0 amide bonds. The van der Waals surface area contributed by atoms with Crippen LogP contribution in [0, 0.1) is 5.41 Å². The van der Waals surface area contributed by atoms with Crippen LogP contribution in [0.15, 0.2) is 0 Å². The van der Waals surface area contributed by atoms with E-state index in [0.29, 0.717) is 11.5 Å². The van der Waals surface area contributed by atoms with E-state index in [0.717, 1.165) is 19.8 Å². The third-order valence-electron chi connectivity index (χ3n) is 2.98. The second kappa shape index (κ2) is 9.00. The van der Waals surface area contributed by atoms with Gasteiger partial charge in [-0.3, -0.25) is 0 Å². The highest BCUT2D eigenvalue weighted by Gasteiger charge is 2.22. The molecule has 0 spiro atoms. The van der Waals surface area contributed by atoms with Crippen molar-refractivity contribution in [2.45, 2.75) is 66.3 Å². The summed E-state index contributed by atoms with van der Waals surface area (Å²) in [5, 5.41) is 3.59. The molecule has 0 aromatic carbocycles. The Bertz CT molecular complexity index is 151. The lowest BCUT2D eigenvalue weighted by atomic mass is 9.83. The topological polar surface area (TPSA) is 21.3 Å². The molecule has 0 fully saturated rings. The normalized spacial score (nSPS) is 14.1. The zero-order chi connectivity index (χ0) is 12.4. The number of hydrogen-bond acceptors (Lipinski definition) is 2. The molecular weight excluding hydrogens is 198 g/mol. The van der Waals surface area contributed by atoms with Crippen molar-refractivity contribution in [3.8, 4) is 0 Å². The summed E-state index contributed by atoms with van der Waals surface area (Å²) >= 11 is 0. The molecular formula is C14H31NO. The van der Waals surface area contributed by atoms with Crippen molar-refractivity contribution in [1.82, 2.24) is 5.32 Å². The Morgan fingerprint density at radius 2 is 1.75 bits per heavy atom. The lowest BCUT2D eigenvalue weighted by molar-refractivity contribution is 0.142. The minimum absolute atomic E-state index is 0.371. The molecule has 0 aromatic rings. The summed E-state index contributed by atoms with van der Waals surface area (Å²) in [6.07, 6.45) is 5.08.